The molecule has 0 radical (unpaired) electrons. The number of likely N-dealkylation sites (tertiary alicyclic amines) is 1. The van der Waals surface area contributed by atoms with Crippen LogP contribution in [0.3, 0.4) is 0 Å². The first kappa shape index (κ1) is 15.7. The van der Waals surface area contributed by atoms with Crippen molar-refractivity contribution < 1.29 is 24.4 Å². The molecule has 1 aliphatic heterocycles. The van der Waals surface area contributed by atoms with Gasteiger partial charge in [0.2, 0.25) is 5.91 Å². The zero-order valence-corrected chi connectivity index (χ0v) is 11.8. The lowest BCUT2D eigenvalue weighted by Crippen LogP contribution is -2.40. The normalized spacial score (nSPS) is 17.3. The first-order valence-corrected chi connectivity index (χ1v) is 6.89. The van der Waals surface area contributed by atoms with Crippen molar-refractivity contribution >= 4 is 17.6 Å². The summed E-state index contributed by atoms with van der Waals surface area (Å²) < 4.78 is 5.29. The van der Waals surface area contributed by atoms with Gasteiger partial charge in [-0.1, -0.05) is 12.1 Å². The lowest BCUT2D eigenvalue weighted by Gasteiger charge is -2.21. The van der Waals surface area contributed by atoms with Crippen LogP contribution in [0.25, 0.3) is 0 Å². The van der Waals surface area contributed by atoms with Crippen LogP contribution in [0.4, 0.5) is 5.69 Å². The number of hydrogen-bond acceptors (Lipinski definition) is 5. The summed E-state index contributed by atoms with van der Waals surface area (Å²) in [5.74, 6) is -1.23. The van der Waals surface area contributed by atoms with Gasteiger partial charge in [-0.25, -0.2) is 4.79 Å². The number of nitrogens with zero attached hydrogens (tertiary/aromatic N) is 2. The maximum Gasteiger partial charge on any atom is 0.326 e. The quantitative estimate of drug-likeness (QED) is 0.629. The van der Waals surface area contributed by atoms with E-state index >= 15 is 0 Å². The number of carbonyl (C=O) groups is 2. The molecule has 22 heavy (non-hydrogen) atoms. The first-order valence-electron chi connectivity index (χ1n) is 6.89. The molecule has 0 aromatic heterocycles. The van der Waals surface area contributed by atoms with Gasteiger partial charge in [0, 0.05) is 12.6 Å². The minimum absolute atomic E-state index is 0.0180. The Balaban J connectivity index is 1.90. The van der Waals surface area contributed by atoms with Crippen LogP contribution in [0, 0.1) is 10.1 Å². The second kappa shape index (κ2) is 6.88. The van der Waals surface area contributed by atoms with E-state index in [1.54, 1.807) is 6.07 Å². The molecule has 118 valence electrons. The Morgan fingerprint density at radius 1 is 1.41 bits per heavy atom. The average Bonchev–Trinajstić information content (AvgIpc) is 2.97. The minimum atomic E-state index is -1.01. The zero-order valence-electron chi connectivity index (χ0n) is 11.8. The van der Waals surface area contributed by atoms with E-state index in [4.69, 9.17) is 9.84 Å². The summed E-state index contributed by atoms with van der Waals surface area (Å²) in [5, 5.41) is 19.9. The van der Waals surface area contributed by atoms with E-state index in [0.717, 1.165) is 0 Å². The number of carboxylic acids is 1. The molecule has 1 fully saturated rings. The fourth-order valence-electron chi connectivity index (χ4n) is 2.44. The number of para-hydroxylation sites is 2. The Hall–Kier alpha value is -2.64. The van der Waals surface area contributed by atoms with Crippen molar-refractivity contribution in [1.82, 2.24) is 4.90 Å². The number of aliphatic carboxylic acids is 1. The van der Waals surface area contributed by atoms with Gasteiger partial charge in [-0.3, -0.25) is 14.9 Å². The molecule has 1 amide bonds. The molecule has 0 aliphatic carbocycles. The molecular formula is C14H16N2O6. The summed E-state index contributed by atoms with van der Waals surface area (Å²) >= 11 is 0. The number of carbonyl (C=O) groups excluding carboxylic acids is 1. The molecule has 8 nitrogen and oxygen atoms in total. The van der Waals surface area contributed by atoms with Crippen LogP contribution in [-0.4, -0.2) is 46.0 Å². The summed E-state index contributed by atoms with van der Waals surface area (Å²) in [7, 11) is 0. The highest BCUT2D eigenvalue weighted by molar-refractivity contribution is 5.84. The highest BCUT2D eigenvalue weighted by atomic mass is 16.6. The molecule has 0 spiro atoms. The third-order valence-electron chi connectivity index (χ3n) is 3.49. The zero-order chi connectivity index (χ0) is 16.1. The van der Waals surface area contributed by atoms with Crippen molar-refractivity contribution in [1.29, 1.82) is 0 Å². The van der Waals surface area contributed by atoms with Crippen LogP contribution >= 0.6 is 0 Å². The second-order valence-electron chi connectivity index (χ2n) is 4.91. The smallest absolute Gasteiger partial charge is 0.326 e. The molecule has 8 heteroatoms. The molecule has 1 aliphatic rings. The second-order valence-corrected chi connectivity index (χ2v) is 4.91. The van der Waals surface area contributed by atoms with E-state index in [0.29, 0.717) is 19.4 Å². The van der Waals surface area contributed by atoms with E-state index in [1.807, 2.05) is 0 Å². The molecule has 1 aromatic rings. The third-order valence-corrected chi connectivity index (χ3v) is 3.49. The molecule has 1 heterocycles. The number of amides is 1. The molecule has 0 bridgehead atoms. The predicted octanol–water partition coefficient (Wildman–Crippen LogP) is 1.44. The van der Waals surface area contributed by atoms with Crippen LogP contribution in [-0.2, 0) is 9.59 Å². The Kier molecular flexibility index (Phi) is 4.92. The largest absolute Gasteiger partial charge is 0.486 e. The van der Waals surface area contributed by atoms with Crippen molar-refractivity contribution in [2.45, 2.75) is 25.3 Å². The van der Waals surface area contributed by atoms with Gasteiger partial charge in [-0.05, 0) is 18.9 Å². The Morgan fingerprint density at radius 3 is 2.82 bits per heavy atom. The summed E-state index contributed by atoms with van der Waals surface area (Å²) in [4.78, 5) is 34.6. The standard InChI is InChI=1S/C14H16N2O6/c17-13(15-8-3-5-11(15)14(18)19)7-9-22-12-6-2-1-4-10(12)16(20)21/h1-2,4,6,11H,3,5,7-9H2,(H,18,19)/t11-/m0/s1. The van der Waals surface area contributed by atoms with Gasteiger partial charge in [0.15, 0.2) is 5.75 Å². The molecule has 0 saturated carbocycles. The number of ether oxygens (including phenoxy) is 1. The van der Waals surface area contributed by atoms with Crippen LogP contribution < -0.4 is 4.74 Å². The van der Waals surface area contributed by atoms with Gasteiger partial charge in [-0.15, -0.1) is 0 Å². The maximum atomic E-state index is 12.0. The van der Waals surface area contributed by atoms with Gasteiger partial charge in [0.05, 0.1) is 18.0 Å². The average molecular weight is 308 g/mol. The monoisotopic (exact) mass is 308 g/mol. The first-order chi connectivity index (χ1) is 10.5. The van der Waals surface area contributed by atoms with Gasteiger partial charge >= 0.3 is 11.7 Å². The van der Waals surface area contributed by atoms with Crippen molar-refractivity contribution in [3.63, 3.8) is 0 Å². The molecular weight excluding hydrogens is 292 g/mol. The van der Waals surface area contributed by atoms with Gasteiger partial charge in [-0.2, -0.15) is 0 Å². The Bertz CT molecular complexity index is 588. The molecule has 1 aromatic carbocycles. The number of hydrogen-bond donors (Lipinski definition) is 1. The number of carboxylic acid groups (broad SMARTS) is 1. The third kappa shape index (κ3) is 3.51. The summed E-state index contributed by atoms with van der Waals surface area (Å²) in [5.41, 5.74) is -0.167. The lowest BCUT2D eigenvalue weighted by molar-refractivity contribution is -0.385. The van der Waals surface area contributed by atoms with Crippen molar-refractivity contribution in [2.75, 3.05) is 13.2 Å². The number of nitro benzene ring substituents is 1. The van der Waals surface area contributed by atoms with Gasteiger partial charge in [0.25, 0.3) is 0 Å². The number of benzene rings is 1. The topological polar surface area (TPSA) is 110 Å². The van der Waals surface area contributed by atoms with Crippen LogP contribution in [0.5, 0.6) is 5.75 Å². The van der Waals surface area contributed by atoms with E-state index < -0.39 is 16.9 Å². The van der Waals surface area contributed by atoms with E-state index in [9.17, 15) is 19.7 Å². The predicted molar refractivity (Wildman–Crippen MR) is 75.6 cm³/mol. The minimum Gasteiger partial charge on any atom is -0.486 e. The van der Waals surface area contributed by atoms with E-state index in [-0.39, 0.29) is 30.4 Å². The van der Waals surface area contributed by atoms with E-state index in [2.05, 4.69) is 0 Å². The van der Waals surface area contributed by atoms with E-state index in [1.165, 1.54) is 23.1 Å². The lowest BCUT2D eigenvalue weighted by atomic mass is 10.2. The summed E-state index contributed by atoms with van der Waals surface area (Å²) in [6.45, 7) is 0.383. The molecule has 2 rings (SSSR count). The van der Waals surface area contributed by atoms with Gasteiger partial charge in [0.1, 0.15) is 6.04 Å². The Labute approximate surface area is 126 Å². The number of nitro groups is 1. The fraction of sp³-hybridized carbons (Fsp3) is 0.429. The molecule has 1 atom stereocenters. The summed E-state index contributed by atoms with van der Waals surface area (Å²) in [6.07, 6.45) is 1.09. The molecule has 1 saturated heterocycles. The van der Waals surface area contributed by atoms with Crippen molar-refractivity contribution in [2.24, 2.45) is 0 Å². The van der Waals surface area contributed by atoms with Crippen LogP contribution in [0.15, 0.2) is 24.3 Å². The fourth-order valence-corrected chi connectivity index (χ4v) is 2.44. The highest BCUT2D eigenvalue weighted by Gasteiger charge is 2.33. The maximum absolute atomic E-state index is 12.0. The van der Waals surface area contributed by atoms with Crippen molar-refractivity contribution in [3.8, 4) is 5.75 Å². The Morgan fingerprint density at radius 2 is 2.14 bits per heavy atom. The van der Waals surface area contributed by atoms with Crippen LogP contribution in [0.1, 0.15) is 19.3 Å². The highest BCUT2D eigenvalue weighted by Crippen LogP contribution is 2.26. The van der Waals surface area contributed by atoms with Crippen molar-refractivity contribution in [3.05, 3.63) is 34.4 Å². The SMILES string of the molecule is O=C(O)[C@@H]1CCCN1C(=O)CCOc1ccccc1[N+](=O)[O-]. The van der Waals surface area contributed by atoms with Gasteiger partial charge < -0.3 is 14.7 Å². The number of rotatable bonds is 6. The molecule has 1 N–H and O–H groups in total. The van der Waals surface area contributed by atoms with Crippen LogP contribution in [0.2, 0.25) is 0 Å². The summed E-state index contributed by atoms with van der Waals surface area (Å²) in [6, 6.07) is 5.12. The molecule has 0 unspecified atom stereocenters.